The van der Waals surface area contributed by atoms with Crippen molar-refractivity contribution in [1.82, 2.24) is 0 Å². The number of carbonyl (C=O) groups is 1. The zero-order chi connectivity index (χ0) is 22.3. The number of allylic oxidation sites excluding steroid dienone is 2. The lowest BCUT2D eigenvalue weighted by molar-refractivity contribution is -0.147. The normalized spacial score (nSPS) is 20.9. The van der Waals surface area contributed by atoms with Gasteiger partial charge in [-0.1, -0.05) is 44.4 Å². The number of hydrogen-bond acceptors (Lipinski definition) is 2. The van der Waals surface area contributed by atoms with E-state index in [1.807, 2.05) is 0 Å². The Kier molecular flexibility index (Phi) is 6.34. The zero-order valence-electron chi connectivity index (χ0n) is 15.7. The Labute approximate surface area is 168 Å². The lowest BCUT2D eigenvalue weighted by atomic mass is 10.00. The minimum atomic E-state index is -4.75. The minimum Gasteiger partial charge on any atom is -0.460 e. The van der Waals surface area contributed by atoms with E-state index in [1.54, 1.807) is 19.8 Å². The van der Waals surface area contributed by atoms with E-state index in [1.165, 1.54) is 6.92 Å². The fraction of sp³-hybridized carbons (Fsp3) is 0.450. The summed E-state index contributed by atoms with van der Waals surface area (Å²) >= 11 is 5.22. The first kappa shape index (κ1) is 23.1. The fourth-order valence-corrected chi connectivity index (χ4v) is 3.46. The molecular formula is C20H17ClF6O2. The number of rotatable bonds is 5. The van der Waals surface area contributed by atoms with Gasteiger partial charge in [-0.25, -0.2) is 13.2 Å². The Morgan fingerprint density at radius 3 is 2.28 bits per heavy atom. The van der Waals surface area contributed by atoms with E-state index in [-0.39, 0.29) is 12.0 Å². The van der Waals surface area contributed by atoms with Crippen LogP contribution in [0.2, 0.25) is 0 Å². The second kappa shape index (κ2) is 7.94. The molecule has 29 heavy (non-hydrogen) atoms. The number of benzene rings is 1. The van der Waals surface area contributed by atoms with Crippen molar-refractivity contribution in [3.8, 4) is 12.3 Å². The lowest BCUT2D eigenvalue weighted by Gasteiger charge is -2.14. The van der Waals surface area contributed by atoms with Gasteiger partial charge in [0.25, 0.3) is 0 Å². The van der Waals surface area contributed by atoms with Gasteiger partial charge in [-0.15, -0.1) is 6.42 Å². The summed E-state index contributed by atoms with van der Waals surface area (Å²) in [6.45, 7) is 3.77. The summed E-state index contributed by atoms with van der Waals surface area (Å²) < 4.78 is 85.3. The van der Waals surface area contributed by atoms with E-state index in [9.17, 15) is 31.1 Å². The Morgan fingerprint density at radius 2 is 1.79 bits per heavy atom. The maximum Gasteiger partial charge on any atom is 0.426 e. The van der Waals surface area contributed by atoms with Crippen LogP contribution < -0.4 is 0 Å². The molecule has 0 N–H and O–H groups in total. The first-order valence-electron chi connectivity index (χ1n) is 8.54. The SMILES string of the molecule is C#Cc1c(F)c(F)c(COC(=O)[C@H]2[C@@H](/C=C(\Cl)C(F)(F)F)C2(C)C)c(CC)c1F. The molecule has 1 aliphatic carbocycles. The lowest BCUT2D eigenvalue weighted by Crippen LogP contribution is -2.15. The molecule has 0 unspecified atom stereocenters. The number of hydrogen-bond donors (Lipinski definition) is 0. The highest BCUT2D eigenvalue weighted by Gasteiger charge is 2.62. The summed E-state index contributed by atoms with van der Waals surface area (Å²) in [5, 5.41) is -1.36. The molecule has 158 valence electrons. The van der Waals surface area contributed by atoms with Crippen LogP contribution in [0, 0.1) is 47.0 Å². The third-order valence-corrected chi connectivity index (χ3v) is 5.48. The molecule has 9 heteroatoms. The Bertz CT molecular complexity index is 911. The maximum absolute atomic E-state index is 14.3. The summed E-state index contributed by atoms with van der Waals surface area (Å²) in [6.07, 6.45) is 0.932. The highest BCUT2D eigenvalue weighted by molar-refractivity contribution is 6.30. The Morgan fingerprint density at radius 1 is 1.21 bits per heavy atom. The third-order valence-electron chi connectivity index (χ3n) is 5.14. The van der Waals surface area contributed by atoms with Crippen molar-refractivity contribution >= 4 is 17.6 Å². The van der Waals surface area contributed by atoms with Crippen LogP contribution in [-0.4, -0.2) is 12.1 Å². The second-order valence-electron chi connectivity index (χ2n) is 7.22. The summed E-state index contributed by atoms with van der Waals surface area (Å²) in [7, 11) is 0. The molecule has 0 aromatic heterocycles. The molecule has 2 nitrogen and oxygen atoms in total. The van der Waals surface area contributed by atoms with Crippen LogP contribution in [0.4, 0.5) is 26.3 Å². The monoisotopic (exact) mass is 438 g/mol. The standard InChI is InChI=1S/C20H17ClF6O2/c1-5-9-11(17(24)16(23)10(6-2)15(9)22)8-29-18(28)14-12(19(14,3)4)7-13(21)20(25,26)27/h2,7,12,14H,5,8H2,1,3-4H3/b13-7-/t12-,14-/m1/s1. The van der Waals surface area contributed by atoms with Crippen LogP contribution >= 0.6 is 11.6 Å². The van der Waals surface area contributed by atoms with E-state index in [0.29, 0.717) is 0 Å². The molecule has 1 aromatic carbocycles. The van der Waals surface area contributed by atoms with Crippen LogP contribution in [0.25, 0.3) is 0 Å². The summed E-state index contributed by atoms with van der Waals surface area (Å²) in [6, 6.07) is 0. The molecule has 1 saturated carbocycles. The van der Waals surface area contributed by atoms with Crippen LogP contribution in [0.3, 0.4) is 0 Å². The van der Waals surface area contributed by atoms with E-state index >= 15 is 0 Å². The van der Waals surface area contributed by atoms with E-state index in [2.05, 4.69) is 0 Å². The van der Waals surface area contributed by atoms with Crippen molar-refractivity contribution in [3.63, 3.8) is 0 Å². The number of alkyl halides is 3. The fourth-order valence-electron chi connectivity index (χ4n) is 3.32. The predicted octanol–water partition coefficient (Wildman–Crippen LogP) is 5.65. The van der Waals surface area contributed by atoms with E-state index < -0.39 is 69.6 Å². The van der Waals surface area contributed by atoms with Crippen LogP contribution in [-0.2, 0) is 22.6 Å². The predicted molar refractivity (Wildman–Crippen MR) is 94.2 cm³/mol. The smallest absolute Gasteiger partial charge is 0.426 e. The molecule has 0 heterocycles. The molecular weight excluding hydrogens is 422 g/mol. The van der Waals surface area contributed by atoms with Gasteiger partial charge in [-0.3, -0.25) is 4.79 Å². The van der Waals surface area contributed by atoms with Crippen molar-refractivity contribution in [2.75, 3.05) is 0 Å². The number of terminal acetylenes is 1. The molecule has 0 spiro atoms. The molecule has 0 amide bonds. The summed E-state index contributed by atoms with van der Waals surface area (Å²) in [5.74, 6) is -5.13. The number of esters is 1. The van der Waals surface area contributed by atoms with E-state index in [4.69, 9.17) is 22.8 Å². The van der Waals surface area contributed by atoms with Gasteiger partial charge in [0.05, 0.1) is 11.5 Å². The van der Waals surface area contributed by atoms with Crippen molar-refractivity contribution < 1.29 is 35.9 Å². The number of halogens is 7. The molecule has 1 aromatic rings. The zero-order valence-corrected chi connectivity index (χ0v) is 16.4. The van der Waals surface area contributed by atoms with Gasteiger partial charge >= 0.3 is 12.1 Å². The molecule has 1 aliphatic rings. The van der Waals surface area contributed by atoms with Crippen LogP contribution in [0.15, 0.2) is 11.1 Å². The van der Waals surface area contributed by atoms with Gasteiger partial charge in [0, 0.05) is 5.56 Å². The molecule has 0 aliphatic heterocycles. The quantitative estimate of drug-likeness (QED) is 0.257. The van der Waals surface area contributed by atoms with Crippen molar-refractivity contribution in [2.24, 2.45) is 17.3 Å². The first-order chi connectivity index (χ1) is 13.3. The third kappa shape index (κ3) is 4.25. The maximum atomic E-state index is 14.3. The van der Waals surface area contributed by atoms with Gasteiger partial charge in [-0.2, -0.15) is 13.2 Å². The average Bonchev–Trinajstić information content (AvgIpc) is 3.16. The van der Waals surface area contributed by atoms with Crippen LogP contribution in [0.1, 0.15) is 37.5 Å². The first-order valence-corrected chi connectivity index (χ1v) is 8.92. The molecule has 0 radical (unpaired) electrons. The Balaban J connectivity index is 2.24. The van der Waals surface area contributed by atoms with Gasteiger partial charge < -0.3 is 4.74 Å². The largest absolute Gasteiger partial charge is 0.460 e. The molecule has 2 rings (SSSR count). The van der Waals surface area contributed by atoms with Crippen LogP contribution in [0.5, 0.6) is 0 Å². The van der Waals surface area contributed by atoms with Gasteiger partial charge in [-0.05, 0) is 23.3 Å². The summed E-state index contributed by atoms with van der Waals surface area (Å²) in [5.41, 5.74) is -2.48. The van der Waals surface area contributed by atoms with Gasteiger partial charge in [0.2, 0.25) is 0 Å². The van der Waals surface area contributed by atoms with Gasteiger partial charge in [0.1, 0.15) is 17.5 Å². The minimum absolute atomic E-state index is 0.0495. The molecule has 0 saturated heterocycles. The Hall–Kier alpha value is -2.14. The topological polar surface area (TPSA) is 26.3 Å². The highest BCUT2D eigenvalue weighted by atomic mass is 35.5. The highest BCUT2D eigenvalue weighted by Crippen LogP contribution is 2.60. The van der Waals surface area contributed by atoms with Crippen molar-refractivity contribution in [3.05, 3.63) is 45.3 Å². The van der Waals surface area contributed by atoms with Crippen molar-refractivity contribution in [1.29, 1.82) is 0 Å². The van der Waals surface area contributed by atoms with E-state index in [0.717, 1.165) is 6.08 Å². The second-order valence-corrected chi connectivity index (χ2v) is 7.62. The molecule has 1 fully saturated rings. The molecule has 2 atom stereocenters. The molecule has 0 bridgehead atoms. The van der Waals surface area contributed by atoms with Gasteiger partial charge in [0.15, 0.2) is 11.6 Å². The number of ether oxygens (including phenoxy) is 1. The number of carbonyl (C=O) groups excluding carboxylic acids is 1. The van der Waals surface area contributed by atoms with Crippen molar-refractivity contribution in [2.45, 2.75) is 40.0 Å². The average molecular weight is 439 g/mol. The summed E-state index contributed by atoms with van der Waals surface area (Å²) in [4.78, 5) is 12.3.